The van der Waals surface area contributed by atoms with Crippen LogP contribution in [0.5, 0.6) is 0 Å². The van der Waals surface area contributed by atoms with Crippen molar-refractivity contribution >= 4 is 0 Å². The average molecular weight is 285 g/mol. The second kappa shape index (κ2) is 6.04. The van der Waals surface area contributed by atoms with Gasteiger partial charge in [0.25, 0.3) is 0 Å². The maximum absolute atomic E-state index is 12.3. The molecule has 7 heteroatoms. The Balaban J connectivity index is 1.85. The van der Waals surface area contributed by atoms with Gasteiger partial charge in [0.15, 0.2) is 0 Å². The van der Waals surface area contributed by atoms with Crippen LogP contribution < -0.4 is 0 Å². The van der Waals surface area contributed by atoms with Gasteiger partial charge in [-0.25, -0.2) is 0 Å². The minimum absolute atomic E-state index is 0.105. The molecule has 0 spiro atoms. The molecule has 0 N–H and O–H groups in total. The first-order chi connectivity index (χ1) is 9.45. The lowest BCUT2D eigenvalue weighted by Crippen LogP contribution is -2.17. The van der Waals surface area contributed by atoms with Gasteiger partial charge < -0.3 is 4.74 Å². The van der Waals surface area contributed by atoms with Crippen LogP contribution in [0, 0.1) is 0 Å². The Morgan fingerprint density at radius 3 is 2.55 bits per heavy atom. The van der Waals surface area contributed by atoms with Crippen molar-refractivity contribution < 1.29 is 17.9 Å². The minimum atomic E-state index is -4.53. The molecular weight excluding hydrogens is 271 g/mol. The molecule has 1 aromatic carbocycles. The Bertz CT molecular complexity index is 539. The fourth-order valence-electron chi connectivity index (χ4n) is 1.68. The van der Waals surface area contributed by atoms with Crippen molar-refractivity contribution in [3.05, 3.63) is 47.8 Å². The lowest BCUT2D eigenvalue weighted by molar-refractivity contribution is -0.213. The molecule has 0 aliphatic rings. The van der Waals surface area contributed by atoms with Gasteiger partial charge in [-0.1, -0.05) is 35.5 Å². The van der Waals surface area contributed by atoms with Crippen LogP contribution in [-0.2, 0) is 24.1 Å². The lowest BCUT2D eigenvalue weighted by Gasteiger charge is -2.11. The van der Waals surface area contributed by atoms with Gasteiger partial charge in [-0.3, -0.25) is 0 Å². The van der Waals surface area contributed by atoms with E-state index in [1.165, 1.54) is 0 Å². The van der Waals surface area contributed by atoms with Gasteiger partial charge in [0.2, 0.25) is 0 Å². The molecule has 2 rings (SSSR count). The Labute approximate surface area is 114 Å². The zero-order valence-electron chi connectivity index (χ0n) is 10.8. The summed E-state index contributed by atoms with van der Waals surface area (Å²) in [5.41, 5.74) is 1.26. The fourth-order valence-corrected chi connectivity index (χ4v) is 1.68. The van der Waals surface area contributed by atoms with Crippen molar-refractivity contribution in [2.45, 2.75) is 32.4 Å². The van der Waals surface area contributed by atoms with Crippen molar-refractivity contribution in [3.8, 4) is 0 Å². The number of rotatable bonds is 5. The normalized spacial score (nSPS) is 13.4. The summed E-state index contributed by atoms with van der Waals surface area (Å²) in [5, 5.41) is 6.54. The molecule has 20 heavy (non-hydrogen) atoms. The van der Waals surface area contributed by atoms with E-state index in [1.807, 2.05) is 30.3 Å². The number of hydrogen-bond acceptors (Lipinski definition) is 3. The highest BCUT2D eigenvalue weighted by Crippen LogP contribution is 2.20. The summed E-state index contributed by atoms with van der Waals surface area (Å²) in [7, 11) is 0. The summed E-state index contributed by atoms with van der Waals surface area (Å²) in [6.07, 6.45) is -3.61. The maximum Gasteiger partial charge on any atom is 0.505 e. The molecule has 0 unspecified atom stereocenters. The van der Waals surface area contributed by atoms with Crippen molar-refractivity contribution in [2.24, 2.45) is 0 Å². The molecule has 0 fully saturated rings. The highest BCUT2D eigenvalue weighted by molar-refractivity contribution is 5.13. The van der Waals surface area contributed by atoms with E-state index in [1.54, 1.807) is 6.92 Å². The molecule has 0 bridgehead atoms. The molecule has 2 aromatic rings. The number of ether oxygens (including phenoxy) is 1. The molecule has 1 heterocycles. The molecule has 0 aliphatic heterocycles. The van der Waals surface area contributed by atoms with E-state index in [-0.39, 0.29) is 22.9 Å². The second-order valence-electron chi connectivity index (χ2n) is 4.43. The number of halogens is 3. The van der Waals surface area contributed by atoms with Gasteiger partial charge in [0, 0.05) is 6.42 Å². The van der Waals surface area contributed by atoms with Crippen LogP contribution in [0.15, 0.2) is 36.5 Å². The van der Waals surface area contributed by atoms with E-state index in [9.17, 15) is 13.2 Å². The topological polar surface area (TPSA) is 39.9 Å². The smallest absolute Gasteiger partial charge is 0.373 e. The van der Waals surface area contributed by atoms with Gasteiger partial charge in [-0.05, 0) is 12.5 Å². The molecule has 0 saturated carbocycles. The Morgan fingerprint density at radius 2 is 1.95 bits per heavy atom. The zero-order chi connectivity index (χ0) is 14.6. The quantitative estimate of drug-likeness (QED) is 0.848. The summed E-state index contributed by atoms with van der Waals surface area (Å²) in [4.78, 5) is 0. The number of alkyl halides is 3. The summed E-state index contributed by atoms with van der Waals surface area (Å²) >= 11 is 0. The summed E-state index contributed by atoms with van der Waals surface area (Å²) in [6, 6.07) is 9.55. The Hall–Kier alpha value is -1.89. The predicted molar refractivity (Wildman–Crippen MR) is 65.7 cm³/mol. The van der Waals surface area contributed by atoms with Crippen molar-refractivity contribution in [1.29, 1.82) is 0 Å². The fraction of sp³-hybridized carbons (Fsp3) is 0.385. The standard InChI is InChI=1S/C13H14F3N3O/c1-10(20-9-11-5-3-2-4-6-11)7-12-8-19(18-17-12)13(14,15)16/h2-6,8,10H,7,9H2,1H3/t10-/m0/s1. The van der Waals surface area contributed by atoms with Crippen LogP contribution in [0.2, 0.25) is 0 Å². The summed E-state index contributed by atoms with van der Waals surface area (Å²) in [5.74, 6) is 0. The van der Waals surface area contributed by atoms with E-state index in [0.29, 0.717) is 6.61 Å². The van der Waals surface area contributed by atoms with Crippen LogP contribution in [0.4, 0.5) is 13.2 Å². The SMILES string of the molecule is C[C@@H](Cc1cn(C(F)(F)F)nn1)OCc1ccccc1. The van der Waals surface area contributed by atoms with Crippen LogP contribution >= 0.6 is 0 Å². The molecule has 0 saturated heterocycles. The highest BCUT2D eigenvalue weighted by atomic mass is 19.4. The maximum atomic E-state index is 12.3. The van der Waals surface area contributed by atoms with Crippen molar-refractivity contribution in [2.75, 3.05) is 0 Å². The molecule has 108 valence electrons. The van der Waals surface area contributed by atoms with E-state index >= 15 is 0 Å². The summed E-state index contributed by atoms with van der Waals surface area (Å²) in [6.45, 7) is 2.20. The Morgan fingerprint density at radius 1 is 1.25 bits per heavy atom. The van der Waals surface area contributed by atoms with Crippen molar-refractivity contribution in [1.82, 2.24) is 15.0 Å². The number of aromatic nitrogens is 3. The third-order valence-electron chi connectivity index (χ3n) is 2.67. The van der Waals surface area contributed by atoms with E-state index in [0.717, 1.165) is 11.8 Å². The zero-order valence-corrected chi connectivity index (χ0v) is 10.8. The number of hydrogen-bond donors (Lipinski definition) is 0. The van der Waals surface area contributed by atoms with Gasteiger partial charge >= 0.3 is 6.30 Å². The molecule has 1 atom stereocenters. The van der Waals surface area contributed by atoms with Gasteiger partial charge in [-0.2, -0.15) is 4.68 Å². The van der Waals surface area contributed by atoms with Crippen LogP contribution in [0.3, 0.4) is 0 Å². The average Bonchev–Trinajstić information content (AvgIpc) is 2.86. The van der Waals surface area contributed by atoms with Gasteiger partial charge in [-0.15, -0.1) is 18.3 Å². The van der Waals surface area contributed by atoms with Gasteiger partial charge in [0.05, 0.1) is 24.6 Å². The molecular formula is C13H14F3N3O. The van der Waals surface area contributed by atoms with E-state index in [4.69, 9.17) is 4.74 Å². The first-order valence-electron chi connectivity index (χ1n) is 6.09. The second-order valence-corrected chi connectivity index (χ2v) is 4.43. The first-order valence-corrected chi connectivity index (χ1v) is 6.09. The largest absolute Gasteiger partial charge is 0.505 e. The lowest BCUT2D eigenvalue weighted by atomic mass is 10.2. The van der Waals surface area contributed by atoms with E-state index in [2.05, 4.69) is 10.3 Å². The Kier molecular flexibility index (Phi) is 4.39. The van der Waals surface area contributed by atoms with E-state index < -0.39 is 6.30 Å². The van der Waals surface area contributed by atoms with Crippen molar-refractivity contribution in [3.63, 3.8) is 0 Å². The molecule has 0 amide bonds. The first kappa shape index (κ1) is 14.5. The molecule has 1 aromatic heterocycles. The predicted octanol–water partition coefficient (Wildman–Crippen LogP) is 2.90. The van der Waals surface area contributed by atoms with Gasteiger partial charge in [0.1, 0.15) is 0 Å². The number of nitrogens with zero attached hydrogens (tertiary/aromatic N) is 3. The third kappa shape index (κ3) is 4.06. The third-order valence-corrected chi connectivity index (χ3v) is 2.67. The minimum Gasteiger partial charge on any atom is -0.373 e. The van der Waals surface area contributed by atoms with Crippen LogP contribution in [-0.4, -0.2) is 21.1 Å². The molecule has 4 nitrogen and oxygen atoms in total. The highest BCUT2D eigenvalue weighted by Gasteiger charge is 2.32. The van der Waals surface area contributed by atoms with Crippen LogP contribution in [0.1, 0.15) is 18.2 Å². The van der Waals surface area contributed by atoms with Crippen LogP contribution in [0.25, 0.3) is 0 Å². The molecule has 0 aliphatic carbocycles. The number of benzene rings is 1. The monoisotopic (exact) mass is 285 g/mol. The summed E-state index contributed by atoms with van der Waals surface area (Å²) < 4.78 is 42.5. The molecule has 0 radical (unpaired) electrons.